The highest BCUT2D eigenvalue weighted by Crippen LogP contribution is 2.53. The van der Waals surface area contributed by atoms with Gasteiger partial charge in [-0.15, -0.1) is 0 Å². The van der Waals surface area contributed by atoms with Crippen LogP contribution in [0.3, 0.4) is 0 Å². The number of Topliss-reactive ketones (excluding diaryl/α,β-unsaturated/α-hetero) is 3. The van der Waals surface area contributed by atoms with Gasteiger partial charge in [0.2, 0.25) is 11.7 Å². The Labute approximate surface area is 239 Å². The van der Waals surface area contributed by atoms with Crippen LogP contribution in [0.1, 0.15) is 60.7 Å². The molecule has 4 rings (SSSR count). The van der Waals surface area contributed by atoms with Gasteiger partial charge in [-0.25, -0.2) is 0 Å². The van der Waals surface area contributed by atoms with Gasteiger partial charge in [0.25, 0.3) is 0 Å². The van der Waals surface area contributed by atoms with Crippen molar-refractivity contribution in [3.05, 3.63) is 33.9 Å². The number of hydrogen-bond donors (Lipinski definition) is 5. The molecule has 6 atom stereocenters. The fourth-order valence-corrected chi connectivity index (χ4v) is 6.95. The van der Waals surface area contributed by atoms with Crippen molar-refractivity contribution in [3.8, 4) is 5.75 Å². The van der Waals surface area contributed by atoms with E-state index in [9.17, 15) is 39.6 Å². The first-order chi connectivity index (χ1) is 18.8. The number of rotatable bonds is 6. The zero-order valence-electron chi connectivity index (χ0n) is 24.7. The Bertz CT molecular complexity index is 1360. The second-order valence-electron chi connectivity index (χ2n) is 13.2. The van der Waals surface area contributed by atoms with Gasteiger partial charge in [0.15, 0.2) is 17.2 Å². The molecule has 0 heterocycles. The number of carbonyl (C=O) groups excluding carboxylic acids is 4. The van der Waals surface area contributed by atoms with Gasteiger partial charge >= 0.3 is 0 Å². The fourth-order valence-electron chi connectivity index (χ4n) is 6.95. The molecule has 6 N–H and O–H groups in total. The Hall–Kier alpha value is -3.12. The van der Waals surface area contributed by atoms with Crippen molar-refractivity contribution >= 4 is 29.0 Å². The number of fused-ring (bicyclic) bond motifs is 3. The van der Waals surface area contributed by atoms with Crippen LogP contribution in [0, 0.1) is 17.8 Å². The molecule has 2 fully saturated rings. The number of aliphatic hydroxyl groups is 3. The Morgan fingerprint density at radius 3 is 2.24 bits per heavy atom. The third kappa shape index (κ3) is 4.68. The predicted octanol–water partition coefficient (Wildman–Crippen LogP) is 0.561. The van der Waals surface area contributed by atoms with E-state index in [2.05, 4.69) is 0 Å². The molecule has 2 saturated carbocycles. The molecule has 1 aromatic carbocycles. The molecule has 0 spiro atoms. The first kappa shape index (κ1) is 30.8. The average molecular weight is 572 g/mol. The molecule has 0 saturated heterocycles. The first-order valence-corrected chi connectivity index (χ1v) is 13.8. The maximum Gasteiger partial charge on any atom is 0.230 e. The lowest BCUT2D eigenvalue weighted by molar-refractivity contribution is -0.184. The SMILES string of the molecule is CN(C)CCC(=O)c1cc(C(C)(C)C)c(O)c2c1C[C@@H]1C[C@@H]3[C@@H](N(C)C)C(O)C(C(N)=O)C(=O)[C@]3(O)C(=O)C1=C2O. The minimum Gasteiger partial charge on any atom is -0.507 e. The van der Waals surface area contributed by atoms with Crippen LogP contribution in [0.4, 0.5) is 0 Å². The third-order valence-corrected chi connectivity index (χ3v) is 8.98. The van der Waals surface area contributed by atoms with E-state index < -0.39 is 64.1 Å². The molecule has 11 heteroatoms. The van der Waals surface area contributed by atoms with Gasteiger partial charge in [0.05, 0.1) is 11.7 Å². The number of phenols is 1. The van der Waals surface area contributed by atoms with E-state index >= 15 is 0 Å². The number of benzene rings is 1. The highest BCUT2D eigenvalue weighted by Gasteiger charge is 2.67. The maximum atomic E-state index is 14.1. The monoisotopic (exact) mass is 571 g/mol. The van der Waals surface area contributed by atoms with Crippen molar-refractivity contribution in [1.82, 2.24) is 9.80 Å². The number of phenolic OH excluding ortho intramolecular Hbond substituents is 1. The van der Waals surface area contributed by atoms with Crippen molar-refractivity contribution in [3.63, 3.8) is 0 Å². The van der Waals surface area contributed by atoms with Crippen LogP contribution in [0.5, 0.6) is 5.75 Å². The standard InChI is InChI=1S/C30H41N3O8/c1-29(2,3)17-12-14(18(34)8-9-32(4)5)15-10-13-11-16-22(33(6)7)25(37)21(28(31)40)27(39)30(16,41)26(38)19(13)24(36)20(15)23(17)35/h12-13,16,21-22,25,35-37,41H,8-11H2,1-7H3,(H2,31,40)/t13-,16-,21?,22-,25?,30-/m1/s1. The van der Waals surface area contributed by atoms with E-state index in [4.69, 9.17) is 5.73 Å². The zero-order chi connectivity index (χ0) is 30.9. The van der Waals surface area contributed by atoms with Gasteiger partial charge in [-0.1, -0.05) is 20.8 Å². The molecule has 3 aliphatic carbocycles. The number of ketones is 3. The second-order valence-corrected chi connectivity index (χ2v) is 13.2. The number of hydrogen-bond acceptors (Lipinski definition) is 10. The minimum absolute atomic E-state index is 0.00862. The summed E-state index contributed by atoms with van der Waals surface area (Å²) in [6, 6.07) is 0.668. The largest absolute Gasteiger partial charge is 0.507 e. The topological polar surface area (TPSA) is 182 Å². The first-order valence-electron chi connectivity index (χ1n) is 13.8. The lowest BCUT2D eigenvalue weighted by atomic mass is 9.54. The van der Waals surface area contributed by atoms with Crippen molar-refractivity contribution in [1.29, 1.82) is 0 Å². The van der Waals surface area contributed by atoms with E-state index in [0.29, 0.717) is 23.2 Å². The fraction of sp³-hybridized carbons (Fsp3) is 0.600. The van der Waals surface area contributed by atoms with Crippen LogP contribution in [0.25, 0.3) is 5.76 Å². The summed E-state index contributed by atoms with van der Waals surface area (Å²) in [6.45, 7) is 6.01. The van der Waals surface area contributed by atoms with Gasteiger partial charge in [0, 0.05) is 41.6 Å². The molecule has 1 amide bonds. The summed E-state index contributed by atoms with van der Waals surface area (Å²) in [4.78, 5) is 56.7. The number of aliphatic hydroxyl groups excluding tert-OH is 2. The smallest absolute Gasteiger partial charge is 0.230 e. The number of primary amides is 1. The molecule has 3 aliphatic rings. The predicted molar refractivity (Wildman–Crippen MR) is 150 cm³/mol. The summed E-state index contributed by atoms with van der Waals surface area (Å²) < 4.78 is 0. The third-order valence-electron chi connectivity index (χ3n) is 8.98. The molecule has 41 heavy (non-hydrogen) atoms. The molecule has 2 unspecified atom stereocenters. The Kier molecular flexibility index (Phi) is 7.75. The molecule has 0 aromatic heterocycles. The van der Waals surface area contributed by atoms with Crippen LogP contribution < -0.4 is 5.73 Å². The van der Waals surface area contributed by atoms with Crippen molar-refractivity contribution in [2.24, 2.45) is 23.5 Å². The molecular formula is C30H41N3O8. The molecule has 0 aliphatic heterocycles. The van der Waals surface area contributed by atoms with Crippen LogP contribution in [-0.2, 0) is 26.2 Å². The molecular weight excluding hydrogens is 530 g/mol. The Morgan fingerprint density at radius 1 is 1.12 bits per heavy atom. The zero-order valence-corrected chi connectivity index (χ0v) is 24.7. The normalized spacial score (nSPS) is 29.9. The lowest BCUT2D eigenvalue weighted by Gasteiger charge is -2.53. The van der Waals surface area contributed by atoms with Gasteiger partial charge in [-0.2, -0.15) is 0 Å². The molecule has 1 aromatic rings. The number of nitrogens with two attached hydrogens (primary N) is 1. The number of amides is 1. The Balaban J connectivity index is 1.96. The molecule has 224 valence electrons. The number of likely N-dealkylation sites (N-methyl/N-ethyl adjacent to an activating group) is 1. The summed E-state index contributed by atoms with van der Waals surface area (Å²) >= 11 is 0. The van der Waals surface area contributed by atoms with Gasteiger partial charge in [-0.3, -0.25) is 19.2 Å². The quantitative estimate of drug-likeness (QED) is 0.239. The highest BCUT2D eigenvalue weighted by atomic mass is 16.3. The minimum atomic E-state index is -2.73. The van der Waals surface area contributed by atoms with E-state index in [0.717, 1.165) is 0 Å². The maximum absolute atomic E-state index is 14.1. The van der Waals surface area contributed by atoms with E-state index in [1.54, 1.807) is 25.1 Å². The lowest BCUT2D eigenvalue weighted by Crippen LogP contribution is -2.73. The second kappa shape index (κ2) is 10.3. The molecule has 0 bridgehead atoms. The van der Waals surface area contributed by atoms with Crippen LogP contribution >= 0.6 is 0 Å². The van der Waals surface area contributed by atoms with Gasteiger partial charge in [-0.05, 0) is 64.0 Å². The van der Waals surface area contributed by atoms with Gasteiger partial charge < -0.3 is 36.0 Å². The van der Waals surface area contributed by atoms with Crippen molar-refractivity contribution in [2.75, 3.05) is 34.7 Å². The number of aromatic hydroxyl groups is 1. The summed E-state index contributed by atoms with van der Waals surface area (Å²) in [5, 5.41) is 45.8. The Morgan fingerprint density at radius 2 is 1.73 bits per heavy atom. The molecule has 0 radical (unpaired) electrons. The van der Waals surface area contributed by atoms with E-state index in [1.165, 1.54) is 0 Å². The average Bonchev–Trinajstić information content (AvgIpc) is 2.83. The van der Waals surface area contributed by atoms with Crippen molar-refractivity contribution < 1.29 is 39.6 Å². The van der Waals surface area contributed by atoms with Crippen LogP contribution in [-0.4, -0.2) is 106 Å². The summed E-state index contributed by atoms with van der Waals surface area (Å²) in [6.07, 6.45) is -1.30. The molecule has 11 nitrogen and oxygen atoms in total. The van der Waals surface area contributed by atoms with Crippen molar-refractivity contribution in [2.45, 2.75) is 63.2 Å². The number of nitrogens with zero attached hydrogens (tertiary/aromatic N) is 2. The van der Waals surface area contributed by atoms with Crippen LogP contribution in [0.2, 0.25) is 0 Å². The highest BCUT2D eigenvalue weighted by molar-refractivity contribution is 6.25. The van der Waals surface area contributed by atoms with E-state index in [1.807, 2.05) is 39.8 Å². The number of carbonyl (C=O) groups is 4. The van der Waals surface area contributed by atoms with Gasteiger partial charge in [0.1, 0.15) is 17.4 Å². The summed E-state index contributed by atoms with van der Waals surface area (Å²) in [7, 11) is 6.89. The van der Waals surface area contributed by atoms with Crippen LogP contribution in [0.15, 0.2) is 11.6 Å². The summed E-state index contributed by atoms with van der Waals surface area (Å²) in [5.74, 6) is -8.21. The van der Waals surface area contributed by atoms with E-state index in [-0.39, 0.29) is 41.9 Å². The summed E-state index contributed by atoms with van der Waals surface area (Å²) in [5.41, 5.74) is 2.88.